The summed E-state index contributed by atoms with van der Waals surface area (Å²) in [5.41, 5.74) is 0.531. The van der Waals surface area contributed by atoms with E-state index in [2.05, 4.69) is 10.6 Å². The van der Waals surface area contributed by atoms with Gasteiger partial charge in [0, 0.05) is 25.3 Å². The van der Waals surface area contributed by atoms with Gasteiger partial charge in [0.25, 0.3) is 11.8 Å². The standard InChI is InChI=1S/C18H28N4O4S/c1-3-10-19-17(23)13-21(2)14-18(24)20-15-6-8-16(9-7-15)27(25,26)22-11-4-5-12-22/h6-9H,3-5,10-14H2,1-2H3,(H,19,23)(H,20,24)/p+1. The lowest BCUT2D eigenvalue weighted by Crippen LogP contribution is -3.11. The lowest BCUT2D eigenvalue weighted by atomic mass is 10.3. The van der Waals surface area contributed by atoms with Crippen LogP contribution in [0.1, 0.15) is 26.2 Å². The Labute approximate surface area is 161 Å². The van der Waals surface area contributed by atoms with Crippen molar-refractivity contribution in [2.75, 3.05) is 45.1 Å². The third kappa shape index (κ3) is 6.30. The molecule has 3 N–H and O–H groups in total. The largest absolute Gasteiger partial charge is 0.351 e. The lowest BCUT2D eigenvalue weighted by Gasteiger charge is -2.16. The molecular weight excluding hydrogens is 368 g/mol. The van der Waals surface area contributed by atoms with Crippen LogP contribution in [0.5, 0.6) is 0 Å². The smallest absolute Gasteiger partial charge is 0.279 e. The van der Waals surface area contributed by atoms with E-state index in [1.807, 2.05) is 6.92 Å². The van der Waals surface area contributed by atoms with E-state index in [1.54, 1.807) is 19.2 Å². The predicted molar refractivity (Wildman–Crippen MR) is 103 cm³/mol. The predicted octanol–water partition coefficient (Wildman–Crippen LogP) is -0.549. The number of carbonyl (C=O) groups excluding carboxylic acids is 2. The van der Waals surface area contributed by atoms with E-state index in [0.29, 0.717) is 25.3 Å². The number of carbonyl (C=O) groups is 2. The van der Waals surface area contributed by atoms with Gasteiger partial charge in [-0.15, -0.1) is 0 Å². The van der Waals surface area contributed by atoms with E-state index in [4.69, 9.17) is 0 Å². The first-order valence-electron chi connectivity index (χ1n) is 9.31. The van der Waals surface area contributed by atoms with Gasteiger partial charge < -0.3 is 15.5 Å². The zero-order chi connectivity index (χ0) is 19.9. The average molecular weight is 398 g/mol. The quantitative estimate of drug-likeness (QED) is 0.521. The lowest BCUT2D eigenvalue weighted by molar-refractivity contribution is -0.862. The van der Waals surface area contributed by atoms with E-state index in [1.165, 1.54) is 16.4 Å². The van der Waals surface area contributed by atoms with Crippen LogP contribution in [0.4, 0.5) is 5.69 Å². The van der Waals surface area contributed by atoms with Crippen LogP contribution in [-0.4, -0.2) is 64.3 Å². The Balaban J connectivity index is 1.86. The Kier molecular flexibility index (Phi) is 7.76. The molecule has 2 amide bonds. The third-order valence-electron chi connectivity index (χ3n) is 4.34. The molecule has 8 nitrogen and oxygen atoms in total. The molecule has 0 bridgehead atoms. The van der Waals surface area contributed by atoms with Crippen LogP contribution >= 0.6 is 0 Å². The number of benzene rings is 1. The van der Waals surface area contributed by atoms with Crippen molar-refractivity contribution in [1.29, 1.82) is 0 Å². The van der Waals surface area contributed by atoms with Crippen LogP contribution in [0.3, 0.4) is 0 Å². The summed E-state index contributed by atoms with van der Waals surface area (Å²) >= 11 is 0. The summed E-state index contributed by atoms with van der Waals surface area (Å²) in [6, 6.07) is 6.20. The van der Waals surface area contributed by atoms with Crippen LogP contribution < -0.4 is 15.5 Å². The maximum Gasteiger partial charge on any atom is 0.279 e. The molecule has 9 heteroatoms. The van der Waals surface area contributed by atoms with Gasteiger partial charge in [-0.1, -0.05) is 6.92 Å². The van der Waals surface area contributed by atoms with Gasteiger partial charge in [-0.2, -0.15) is 4.31 Å². The van der Waals surface area contributed by atoms with Gasteiger partial charge >= 0.3 is 0 Å². The fourth-order valence-corrected chi connectivity index (χ4v) is 4.45. The molecule has 2 rings (SSSR count). The molecule has 0 saturated carbocycles. The van der Waals surface area contributed by atoms with E-state index in [-0.39, 0.29) is 29.8 Å². The van der Waals surface area contributed by atoms with Crippen LogP contribution in [0.15, 0.2) is 29.2 Å². The Hall–Kier alpha value is -1.97. The number of quaternary nitrogens is 1. The number of hydrogen-bond donors (Lipinski definition) is 3. The summed E-state index contributed by atoms with van der Waals surface area (Å²) in [7, 11) is -1.68. The molecule has 1 atom stereocenters. The summed E-state index contributed by atoms with van der Waals surface area (Å²) in [6.45, 7) is 4.09. The monoisotopic (exact) mass is 397 g/mol. The molecule has 1 saturated heterocycles. The number of amides is 2. The van der Waals surface area contributed by atoms with E-state index in [9.17, 15) is 18.0 Å². The third-order valence-corrected chi connectivity index (χ3v) is 6.25. The van der Waals surface area contributed by atoms with Crippen LogP contribution in [-0.2, 0) is 19.6 Å². The van der Waals surface area contributed by atoms with E-state index in [0.717, 1.165) is 24.2 Å². The molecule has 0 radical (unpaired) electrons. The van der Waals surface area contributed by atoms with Crippen molar-refractivity contribution in [3.05, 3.63) is 24.3 Å². The Morgan fingerprint density at radius 2 is 1.67 bits per heavy atom. The molecular formula is C18H29N4O4S+. The molecule has 0 spiro atoms. The number of sulfonamides is 1. The average Bonchev–Trinajstić information content (AvgIpc) is 3.15. The molecule has 1 aliphatic rings. The van der Waals surface area contributed by atoms with Gasteiger partial charge in [-0.3, -0.25) is 9.59 Å². The van der Waals surface area contributed by atoms with Gasteiger partial charge in [-0.05, 0) is 43.5 Å². The van der Waals surface area contributed by atoms with Crippen LogP contribution in [0, 0.1) is 0 Å². The maximum atomic E-state index is 12.5. The highest BCUT2D eigenvalue weighted by molar-refractivity contribution is 7.89. The van der Waals surface area contributed by atoms with Crippen molar-refractivity contribution in [3.63, 3.8) is 0 Å². The number of nitrogens with zero attached hydrogens (tertiary/aromatic N) is 1. The van der Waals surface area contributed by atoms with Gasteiger partial charge in [-0.25, -0.2) is 8.42 Å². The van der Waals surface area contributed by atoms with Crippen LogP contribution in [0.25, 0.3) is 0 Å². The van der Waals surface area contributed by atoms with Gasteiger partial charge in [0.2, 0.25) is 10.0 Å². The second-order valence-electron chi connectivity index (χ2n) is 6.84. The number of anilines is 1. The molecule has 1 aromatic rings. The Morgan fingerprint density at radius 1 is 1.07 bits per heavy atom. The van der Waals surface area contributed by atoms with Crippen molar-refractivity contribution in [2.24, 2.45) is 0 Å². The summed E-state index contributed by atoms with van der Waals surface area (Å²) in [5.74, 6) is -0.315. The topological polar surface area (TPSA) is 100 Å². The molecule has 0 aromatic heterocycles. The first-order chi connectivity index (χ1) is 12.8. The highest BCUT2D eigenvalue weighted by Crippen LogP contribution is 2.22. The highest BCUT2D eigenvalue weighted by atomic mass is 32.2. The van der Waals surface area contributed by atoms with Crippen molar-refractivity contribution in [2.45, 2.75) is 31.1 Å². The normalized spacial score (nSPS) is 16.1. The summed E-state index contributed by atoms with van der Waals surface area (Å²) in [5, 5.41) is 5.51. The second kappa shape index (κ2) is 9.82. The maximum absolute atomic E-state index is 12.5. The van der Waals surface area contributed by atoms with Crippen molar-refractivity contribution < 1.29 is 22.9 Å². The molecule has 27 heavy (non-hydrogen) atoms. The Bertz CT molecular complexity index is 743. The van der Waals surface area contributed by atoms with Crippen molar-refractivity contribution in [3.8, 4) is 0 Å². The van der Waals surface area contributed by atoms with Gasteiger partial charge in [0.05, 0.1) is 11.9 Å². The molecule has 150 valence electrons. The van der Waals surface area contributed by atoms with Crippen molar-refractivity contribution in [1.82, 2.24) is 9.62 Å². The molecule has 0 aliphatic carbocycles. The minimum atomic E-state index is -3.45. The molecule has 1 aliphatic heterocycles. The first-order valence-corrected chi connectivity index (χ1v) is 10.7. The minimum Gasteiger partial charge on any atom is -0.351 e. The fraction of sp³-hybridized carbons (Fsp3) is 0.556. The van der Waals surface area contributed by atoms with Crippen molar-refractivity contribution >= 4 is 27.5 Å². The zero-order valence-corrected chi connectivity index (χ0v) is 16.8. The molecule has 1 fully saturated rings. The Morgan fingerprint density at radius 3 is 2.26 bits per heavy atom. The zero-order valence-electron chi connectivity index (χ0n) is 16.0. The molecule has 1 aromatic carbocycles. The van der Waals surface area contributed by atoms with E-state index >= 15 is 0 Å². The highest BCUT2D eigenvalue weighted by Gasteiger charge is 2.27. The van der Waals surface area contributed by atoms with Gasteiger partial charge in [0.15, 0.2) is 13.1 Å². The summed E-state index contributed by atoms with van der Waals surface area (Å²) in [4.78, 5) is 24.8. The SMILES string of the molecule is CCCNC(=O)C[NH+](C)CC(=O)Nc1ccc(S(=O)(=O)N2CCCC2)cc1. The van der Waals surface area contributed by atoms with E-state index < -0.39 is 10.0 Å². The second-order valence-corrected chi connectivity index (χ2v) is 8.78. The number of rotatable bonds is 9. The molecule has 1 unspecified atom stereocenters. The summed E-state index contributed by atoms with van der Waals surface area (Å²) < 4.78 is 26.5. The fourth-order valence-electron chi connectivity index (χ4n) is 2.93. The number of hydrogen-bond acceptors (Lipinski definition) is 4. The number of nitrogens with one attached hydrogen (secondary N) is 3. The number of likely N-dealkylation sites (N-methyl/N-ethyl adjacent to an activating group) is 1. The molecule has 1 heterocycles. The van der Waals surface area contributed by atoms with Gasteiger partial charge in [0.1, 0.15) is 0 Å². The summed E-state index contributed by atoms with van der Waals surface area (Å²) in [6.07, 6.45) is 2.65. The van der Waals surface area contributed by atoms with Crippen LogP contribution in [0.2, 0.25) is 0 Å². The first kappa shape index (κ1) is 21.3. The minimum absolute atomic E-state index is 0.0846.